The Morgan fingerprint density at radius 2 is 2.05 bits per heavy atom. The zero-order valence-electron chi connectivity index (χ0n) is 13.2. The maximum atomic E-state index is 12.1. The number of aryl methyl sites for hydroxylation is 1. The third kappa shape index (κ3) is 3.43. The molecule has 1 aromatic heterocycles. The van der Waals surface area contributed by atoms with E-state index in [0.717, 1.165) is 50.5 Å². The highest BCUT2D eigenvalue weighted by atomic mass is 35.5. The summed E-state index contributed by atoms with van der Waals surface area (Å²) in [6.45, 7) is 4.33. The fourth-order valence-electron chi connectivity index (χ4n) is 3.49. The largest absolute Gasteiger partial charge is 0.341 e. The van der Waals surface area contributed by atoms with Gasteiger partial charge < -0.3 is 15.2 Å². The summed E-state index contributed by atoms with van der Waals surface area (Å²) in [5, 5.41) is 8.83. The summed E-state index contributed by atoms with van der Waals surface area (Å²) in [7, 11) is 0. The third-order valence-corrected chi connectivity index (χ3v) is 4.63. The highest BCUT2D eigenvalue weighted by Crippen LogP contribution is 2.28. The molecule has 7 heteroatoms. The van der Waals surface area contributed by atoms with Gasteiger partial charge in [0.2, 0.25) is 5.91 Å². The molecule has 3 heterocycles. The Morgan fingerprint density at radius 3 is 2.82 bits per heavy atom. The summed E-state index contributed by atoms with van der Waals surface area (Å²) in [5.41, 5.74) is 5.74. The number of piperidine rings is 1. The first-order valence-corrected chi connectivity index (χ1v) is 8.13. The standard InChI is InChI=1S/C15H25N5O.ClH/c1-11(16)15(21)19-8-5-6-12(10-19)14-18-17-13-7-3-2-4-9-20(13)14;/h11-12H,2-10,16H2,1H3;1H/t11-,12?;/m1./s1. The van der Waals surface area contributed by atoms with E-state index in [2.05, 4.69) is 14.8 Å². The minimum Gasteiger partial charge on any atom is -0.341 e. The van der Waals surface area contributed by atoms with E-state index < -0.39 is 6.04 Å². The van der Waals surface area contributed by atoms with Crippen molar-refractivity contribution in [2.24, 2.45) is 5.73 Å². The Bertz CT molecular complexity index is 516. The van der Waals surface area contributed by atoms with Gasteiger partial charge in [0.25, 0.3) is 0 Å². The van der Waals surface area contributed by atoms with E-state index in [1.165, 1.54) is 19.3 Å². The number of nitrogens with zero attached hydrogens (tertiary/aromatic N) is 4. The fourth-order valence-corrected chi connectivity index (χ4v) is 3.49. The molecule has 0 spiro atoms. The van der Waals surface area contributed by atoms with Gasteiger partial charge in [-0.1, -0.05) is 6.42 Å². The van der Waals surface area contributed by atoms with Crippen LogP contribution in [0.4, 0.5) is 0 Å². The van der Waals surface area contributed by atoms with Crippen LogP contribution in [0.5, 0.6) is 0 Å². The van der Waals surface area contributed by atoms with Crippen molar-refractivity contribution >= 4 is 18.3 Å². The van der Waals surface area contributed by atoms with Gasteiger partial charge in [0.1, 0.15) is 11.6 Å². The maximum Gasteiger partial charge on any atom is 0.239 e. The van der Waals surface area contributed by atoms with Gasteiger partial charge in [-0.25, -0.2) is 0 Å². The van der Waals surface area contributed by atoms with Crippen molar-refractivity contribution in [3.8, 4) is 0 Å². The van der Waals surface area contributed by atoms with Crippen LogP contribution in [-0.4, -0.2) is 44.7 Å². The van der Waals surface area contributed by atoms with Crippen molar-refractivity contribution in [2.75, 3.05) is 13.1 Å². The van der Waals surface area contributed by atoms with Crippen LogP contribution >= 0.6 is 12.4 Å². The minimum absolute atomic E-state index is 0. The van der Waals surface area contributed by atoms with Gasteiger partial charge in [0, 0.05) is 32.0 Å². The Hall–Kier alpha value is -1.14. The van der Waals surface area contributed by atoms with Crippen molar-refractivity contribution in [3.05, 3.63) is 11.6 Å². The summed E-state index contributed by atoms with van der Waals surface area (Å²) in [4.78, 5) is 14.0. The molecular weight excluding hydrogens is 302 g/mol. The molecule has 1 saturated heterocycles. The first kappa shape index (κ1) is 17.2. The number of aromatic nitrogens is 3. The second kappa shape index (κ2) is 7.42. The molecule has 1 aromatic rings. The number of rotatable bonds is 2. The number of hydrogen-bond acceptors (Lipinski definition) is 4. The lowest BCUT2D eigenvalue weighted by atomic mass is 9.96. The molecule has 3 rings (SSSR count). The number of amides is 1. The summed E-state index contributed by atoms with van der Waals surface area (Å²) >= 11 is 0. The van der Waals surface area contributed by atoms with Gasteiger partial charge in [0.05, 0.1) is 6.04 Å². The van der Waals surface area contributed by atoms with Gasteiger partial charge >= 0.3 is 0 Å². The quantitative estimate of drug-likeness (QED) is 0.892. The van der Waals surface area contributed by atoms with E-state index in [1.807, 2.05) is 4.90 Å². The van der Waals surface area contributed by atoms with Gasteiger partial charge in [-0.15, -0.1) is 22.6 Å². The summed E-state index contributed by atoms with van der Waals surface area (Å²) in [6.07, 6.45) is 6.81. The lowest BCUT2D eigenvalue weighted by Crippen LogP contribution is -2.46. The van der Waals surface area contributed by atoms with Crippen LogP contribution in [0.1, 0.15) is 56.6 Å². The molecule has 1 fully saturated rings. The zero-order chi connectivity index (χ0) is 14.8. The molecule has 6 nitrogen and oxygen atoms in total. The van der Waals surface area contributed by atoms with Gasteiger partial charge in [-0.05, 0) is 32.6 Å². The van der Waals surface area contributed by atoms with Crippen LogP contribution in [0.15, 0.2) is 0 Å². The van der Waals surface area contributed by atoms with Crippen LogP contribution in [0.3, 0.4) is 0 Å². The SMILES string of the molecule is C[C@@H](N)C(=O)N1CCCC(c2nnc3n2CCCCC3)C1.Cl. The lowest BCUT2D eigenvalue weighted by Gasteiger charge is -2.33. The van der Waals surface area contributed by atoms with Gasteiger partial charge in [-0.3, -0.25) is 4.79 Å². The van der Waals surface area contributed by atoms with Crippen molar-refractivity contribution < 1.29 is 4.79 Å². The molecule has 2 aliphatic heterocycles. The molecule has 2 N–H and O–H groups in total. The van der Waals surface area contributed by atoms with Gasteiger partial charge in [-0.2, -0.15) is 0 Å². The van der Waals surface area contributed by atoms with Gasteiger partial charge in [0.15, 0.2) is 0 Å². The first-order chi connectivity index (χ1) is 10.2. The highest BCUT2D eigenvalue weighted by Gasteiger charge is 2.30. The van der Waals surface area contributed by atoms with E-state index in [1.54, 1.807) is 6.92 Å². The number of carbonyl (C=O) groups is 1. The Morgan fingerprint density at radius 1 is 1.23 bits per heavy atom. The Labute approximate surface area is 137 Å². The first-order valence-electron chi connectivity index (χ1n) is 8.13. The van der Waals surface area contributed by atoms with Crippen LogP contribution in [0.25, 0.3) is 0 Å². The van der Waals surface area contributed by atoms with E-state index in [-0.39, 0.29) is 18.3 Å². The molecule has 1 amide bonds. The van der Waals surface area contributed by atoms with Crippen LogP contribution in [0.2, 0.25) is 0 Å². The molecule has 124 valence electrons. The molecule has 2 aliphatic rings. The molecule has 0 aromatic carbocycles. The summed E-state index contributed by atoms with van der Waals surface area (Å²) in [6, 6.07) is -0.417. The predicted octanol–water partition coefficient (Wildman–Crippen LogP) is 1.48. The Kier molecular flexibility index (Phi) is 5.81. The molecule has 0 radical (unpaired) electrons. The zero-order valence-corrected chi connectivity index (χ0v) is 14.0. The number of likely N-dealkylation sites (tertiary alicyclic amines) is 1. The molecule has 1 unspecified atom stereocenters. The minimum atomic E-state index is -0.417. The van der Waals surface area contributed by atoms with E-state index >= 15 is 0 Å². The second-order valence-electron chi connectivity index (χ2n) is 6.35. The van der Waals surface area contributed by atoms with Crippen molar-refractivity contribution in [1.29, 1.82) is 0 Å². The van der Waals surface area contributed by atoms with E-state index in [9.17, 15) is 4.79 Å². The van der Waals surface area contributed by atoms with E-state index in [4.69, 9.17) is 5.73 Å². The average Bonchev–Trinajstić information content (AvgIpc) is 2.75. The molecule has 0 bridgehead atoms. The molecular formula is C15H26ClN5O. The van der Waals surface area contributed by atoms with E-state index in [0.29, 0.717) is 5.92 Å². The molecule has 0 aliphatic carbocycles. The Balaban J connectivity index is 0.00000176. The van der Waals surface area contributed by atoms with Crippen LogP contribution in [0, 0.1) is 0 Å². The van der Waals surface area contributed by atoms with Crippen molar-refractivity contribution in [2.45, 2.75) is 64.0 Å². The van der Waals surface area contributed by atoms with Crippen molar-refractivity contribution in [1.82, 2.24) is 19.7 Å². The number of fused-ring (bicyclic) bond motifs is 1. The van der Waals surface area contributed by atoms with Crippen LogP contribution in [-0.2, 0) is 17.8 Å². The fraction of sp³-hybridized carbons (Fsp3) is 0.800. The lowest BCUT2D eigenvalue weighted by molar-refractivity contribution is -0.133. The highest BCUT2D eigenvalue weighted by molar-refractivity contribution is 5.85. The monoisotopic (exact) mass is 327 g/mol. The normalized spacial score (nSPS) is 23.2. The molecule has 0 saturated carbocycles. The smallest absolute Gasteiger partial charge is 0.239 e. The number of nitrogens with two attached hydrogens (primary N) is 1. The van der Waals surface area contributed by atoms with Crippen LogP contribution < -0.4 is 5.73 Å². The summed E-state index contributed by atoms with van der Waals surface area (Å²) in [5.74, 6) is 2.56. The topological polar surface area (TPSA) is 77.0 Å². The number of hydrogen-bond donors (Lipinski definition) is 1. The summed E-state index contributed by atoms with van der Waals surface area (Å²) < 4.78 is 2.30. The maximum absolute atomic E-state index is 12.1. The van der Waals surface area contributed by atoms with Crippen molar-refractivity contribution in [3.63, 3.8) is 0 Å². The second-order valence-corrected chi connectivity index (χ2v) is 6.35. The average molecular weight is 328 g/mol. The third-order valence-electron chi connectivity index (χ3n) is 4.63. The number of carbonyl (C=O) groups excluding carboxylic acids is 1. The number of halogens is 1. The molecule has 22 heavy (non-hydrogen) atoms. The molecule has 2 atom stereocenters. The predicted molar refractivity (Wildman–Crippen MR) is 87.0 cm³/mol.